The molecular formula is C15H10ClFN2. The van der Waals surface area contributed by atoms with Gasteiger partial charge in [-0.25, -0.2) is 14.4 Å². The SMILES string of the molecule is Cc1ccc(-c2nc(Cl)c3cc(F)ccc3n2)cc1. The Balaban J connectivity index is 2.20. The van der Waals surface area contributed by atoms with E-state index >= 15 is 0 Å². The predicted molar refractivity (Wildman–Crippen MR) is 74.7 cm³/mol. The van der Waals surface area contributed by atoms with Gasteiger partial charge in [0.2, 0.25) is 0 Å². The fourth-order valence-electron chi connectivity index (χ4n) is 1.90. The number of aryl methyl sites for hydroxylation is 1. The molecule has 3 rings (SSSR count). The number of aromatic nitrogens is 2. The number of halogens is 2. The van der Waals surface area contributed by atoms with E-state index < -0.39 is 0 Å². The Morgan fingerprint density at radius 1 is 1.00 bits per heavy atom. The summed E-state index contributed by atoms with van der Waals surface area (Å²) >= 11 is 6.10. The third-order valence-electron chi connectivity index (χ3n) is 2.92. The van der Waals surface area contributed by atoms with E-state index in [1.54, 1.807) is 6.07 Å². The molecule has 19 heavy (non-hydrogen) atoms. The number of hydrogen-bond acceptors (Lipinski definition) is 2. The van der Waals surface area contributed by atoms with Crippen molar-refractivity contribution in [3.05, 3.63) is 59.0 Å². The van der Waals surface area contributed by atoms with Crippen LogP contribution < -0.4 is 0 Å². The van der Waals surface area contributed by atoms with Crippen molar-refractivity contribution >= 4 is 22.5 Å². The van der Waals surface area contributed by atoms with E-state index in [4.69, 9.17) is 11.6 Å². The molecule has 1 aromatic heterocycles. The molecule has 0 aliphatic carbocycles. The van der Waals surface area contributed by atoms with Crippen LogP contribution in [0.25, 0.3) is 22.3 Å². The lowest BCUT2D eigenvalue weighted by molar-refractivity contribution is 0.629. The molecule has 0 fully saturated rings. The summed E-state index contributed by atoms with van der Waals surface area (Å²) in [5, 5.41) is 0.789. The molecule has 4 heteroatoms. The van der Waals surface area contributed by atoms with Gasteiger partial charge in [-0.15, -0.1) is 0 Å². The molecule has 0 unspecified atom stereocenters. The molecule has 2 aromatic carbocycles. The third-order valence-corrected chi connectivity index (χ3v) is 3.21. The Kier molecular flexibility index (Phi) is 2.91. The van der Waals surface area contributed by atoms with E-state index in [0.29, 0.717) is 16.7 Å². The highest BCUT2D eigenvalue weighted by Gasteiger charge is 2.08. The van der Waals surface area contributed by atoms with Crippen molar-refractivity contribution < 1.29 is 4.39 Å². The number of fused-ring (bicyclic) bond motifs is 1. The summed E-state index contributed by atoms with van der Waals surface area (Å²) in [5.74, 6) is 0.199. The van der Waals surface area contributed by atoms with Crippen molar-refractivity contribution in [2.75, 3.05) is 0 Å². The molecular weight excluding hydrogens is 263 g/mol. The second-order valence-corrected chi connectivity index (χ2v) is 4.72. The van der Waals surface area contributed by atoms with Gasteiger partial charge in [0, 0.05) is 10.9 Å². The third kappa shape index (κ3) is 2.29. The minimum absolute atomic E-state index is 0.264. The Morgan fingerprint density at radius 3 is 2.47 bits per heavy atom. The molecule has 3 aromatic rings. The van der Waals surface area contributed by atoms with Crippen LogP contribution in [-0.4, -0.2) is 9.97 Å². The molecule has 0 aliphatic heterocycles. The van der Waals surface area contributed by atoms with Crippen LogP contribution in [0.3, 0.4) is 0 Å². The molecule has 0 radical (unpaired) electrons. The van der Waals surface area contributed by atoms with Gasteiger partial charge in [0.15, 0.2) is 5.82 Å². The van der Waals surface area contributed by atoms with Crippen molar-refractivity contribution in [3.63, 3.8) is 0 Å². The van der Waals surface area contributed by atoms with Gasteiger partial charge in [-0.05, 0) is 25.1 Å². The molecule has 2 nitrogen and oxygen atoms in total. The van der Waals surface area contributed by atoms with Crippen LogP contribution in [0.5, 0.6) is 0 Å². The van der Waals surface area contributed by atoms with E-state index in [1.807, 2.05) is 31.2 Å². The van der Waals surface area contributed by atoms with E-state index in [0.717, 1.165) is 11.1 Å². The Morgan fingerprint density at radius 2 is 1.74 bits per heavy atom. The molecule has 0 aliphatic rings. The van der Waals surface area contributed by atoms with Crippen molar-refractivity contribution in [2.24, 2.45) is 0 Å². The summed E-state index contributed by atoms with van der Waals surface area (Å²) in [7, 11) is 0. The first kappa shape index (κ1) is 12.1. The van der Waals surface area contributed by atoms with E-state index in [2.05, 4.69) is 9.97 Å². The van der Waals surface area contributed by atoms with Crippen LogP contribution in [0.1, 0.15) is 5.56 Å². The van der Waals surface area contributed by atoms with Crippen molar-refractivity contribution in [2.45, 2.75) is 6.92 Å². The lowest BCUT2D eigenvalue weighted by Gasteiger charge is -2.05. The van der Waals surface area contributed by atoms with Crippen LogP contribution in [0.15, 0.2) is 42.5 Å². The van der Waals surface area contributed by atoms with Gasteiger partial charge in [-0.3, -0.25) is 0 Å². The average Bonchev–Trinajstić information content (AvgIpc) is 2.40. The first-order valence-electron chi connectivity index (χ1n) is 5.83. The summed E-state index contributed by atoms with van der Waals surface area (Å²) in [5.41, 5.74) is 2.69. The molecule has 94 valence electrons. The van der Waals surface area contributed by atoms with E-state index in [1.165, 1.54) is 12.1 Å². The molecule has 0 atom stereocenters. The van der Waals surface area contributed by atoms with Crippen LogP contribution >= 0.6 is 11.6 Å². The molecule has 0 bridgehead atoms. The van der Waals surface area contributed by atoms with Gasteiger partial charge < -0.3 is 0 Å². The van der Waals surface area contributed by atoms with Gasteiger partial charge >= 0.3 is 0 Å². The summed E-state index contributed by atoms with van der Waals surface area (Å²) in [6.07, 6.45) is 0. The lowest BCUT2D eigenvalue weighted by atomic mass is 10.1. The molecule has 0 amide bonds. The summed E-state index contributed by atoms with van der Waals surface area (Å²) in [4.78, 5) is 8.64. The fraction of sp³-hybridized carbons (Fsp3) is 0.0667. The van der Waals surface area contributed by atoms with E-state index in [-0.39, 0.29) is 11.0 Å². The van der Waals surface area contributed by atoms with Crippen molar-refractivity contribution in [1.82, 2.24) is 9.97 Å². The maximum Gasteiger partial charge on any atom is 0.161 e. The normalized spacial score (nSPS) is 10.9. The van der Waals surface area contributed by atoms with Crippen LogP contribution in [0.2, 0.25) is 5.15 Å². The topological polar surface area (TPSA) is 25.8 Å². The monoisotopic (exact) mass is 272 g/mol. The van der Waals surface area contributed by atoms with Gasteiger partial charge in [-0.2, -0.15) is 0 Å². The number of nitrogens with zero attached hydrogens (tertiary/aromatic N) is 2. The van der Waals surface area contributed by atoms with Gasteiger partial charge in [-0.1, -0.05) is 41.4 Å². The quantitative estimate of drug-likeness (QED) is 0.614. The maximum atomic E-state index is 13.2. The van der Waals surface area contributed by atoms with Gasteiger partial charge in [0.1, 0.15) is 11.0 Å². The lowest BCUT2D eigenvalue weighted by Crippen LogP contribution is -1.92. The highest BCUT2D eigenvalue weighted by atomic mass is 35.5. The summed E-state index contributed by atoms with van der Waals surface area (Å²) in [6, 6.07) is 12.2. The Labute approximate surface area is 114 Å². The van der Waals surface area contributed by atoms with Crippen LogP contribution in [0, 0.1) is 12.7 Å². The average molecular weight is 273 g/mol. The zero-order valence-electron chi connectivity index (χ0n) is 10.2. The predicted octanol–water partition coefficient (Wildman–Crippen LogP) is 4.40. The number of rotatable bonds is 1. The van der Waals surface area contributed by atoms with Crippen LogP contribution in [0.4, 0.5) is 4.39 Å². The molecule has 0 saturated heterocycles. The zero-order valence-corrected chi connectivity index (χ0v) is 10.9. The largest absolute Gasteiger partial charge is 0.228 e. The molecule has 0 spiro atoms. The van der Waals surface area contributed by atoms with Gasteiger partial charge in [0.25, 0.3) is 0 Å². The summed E-state index contributed by atoms with van der Waals surface area (Å²) < 4.78 is 13.2. The second-order valence-electron chi connectivity index (χ2n) is 4.37. The minimum atomic E-state index is -0.346. The number of hydrogen-bond donors (Lipinski definition) is 0. The standard InChI is InChI=1S/C15H10ClFN2/c1-9-2-4-10(5-3-9)15-18-13-7-6-11(17)8-12(13)14(16)19-15/h2-8H,1H3. The highest BCUT2D eigenvalue weighted by Crippen LogP contribution is 2.25. The fourth-order valence-corrected chi connectivity index (χ4v) is 2.13. The van der Waals surface area contributed by atoms with Crippen molar-refractivity contribution in [3.8, 4) is 11.4 Å². The first-order valence-corrected chi connectivity index (χ1v) is 6.21. The maximum absolute atomic E-state index is 13.2. The minimum Gasteiger partial charge on any atom is -0.228 e. The van der Waals surface area contributed by atoms with Crippen molar-refractivity contribution in [1.29, 1.82) is 0 Å². The second kappa shape index (κ2) is 4.59. The van der Waals surface area contributed by atoms with Crippen LogP contribution in [-0.2, 0) is 0 Å². The van der Waals surface area contributed by atoms with E-state index in [9.17, 15) is 4.39 Å². The smallest absolute Gasteiger partial charge is 0.161 e. The first-order chi connectivity index (χ1) is 9.13. The Bertz CT molecular complexity index is 754. The number of benzene rings is 2. The van der Waals surface area contributed by atoms with Gasteiger partial charge in [0.05, 0.1) is 5.52 Å². The zero-order chi connectivity index (χ0) is 13.4. The molecule has 0 saturated carbocycles. The molecule has 0 N–H and O–H groups in total. The Hall–Kier alpha value is -2.00. The molecule has 1 heterocycles. The summed E-state index contributed by atoms with van der Waals surface area (Å²) in [6.45, 7) is 2.01. The highest BCUT2D eigenvalue weighted by molar-refractivity contribution is 6.34.